The molecule has 0 saturated carbocycles. The van der Waals surface area contributed by atoms with Gasteiger partial charge in [0.15, 0.2) is 0 Å². The molecule has 0 heterocycles. The van der Waals surface area contributed by atoms with Crippen LogP contribution in [-0.2, 0) is 16.0 Å². The zero-order chi connectivity index (χ0) is 19.9. The Kier molecular flexibility index (Phi) is 7.43. The number of amides is 2. The molecule has 2 N–H and O–H groups in total. The number of carbonyl (C=O) groups is 2. The third kappa shape index (κ3) is 6.10. The molecule has 0 fully saturated rings. The van der Waals surface area contributed by atoms with E-state index in [4.69, 9.17) is 11.6 Å². The number of nitrogens with one attached hydrogen (secondary N) is 2. The van der Waals surface area contributed by atoms with Gasteiger partial charge in [-0.1, -0.05) is 60.7 Å². The molecule has 2 amide bonds. The number of rotatable bonds is 8. The quantitative estimate of drug-likeness (QED) is 0.677. The van der Waals surface area contributed by atoms with Gasteiger partial charge in [-0.2, -0.15) is 0 Å². The standard InChI is InChI=1S/C22H27ClN2O2/c1-16(18-12-8-5-9-13-18)24-20(26)19(14-17-10-6-4-7-11-17)25-21(27)22(2,3)15-23/h4-13,16,19H,14-15H2,1-3H3,(H,24,26)(H,25,27). The molecule has 0 aliphatic heterocycles. The van der Waals surface area contributed by atoms with Gasteiger partial charge in [-0.25, -0.2) is 0 Å². The highest BCUT2D eigenvalue weighted by Gasteiger charge is 2.31. The Morgan fingerprint density at radius 1 is 0.963 bits per heavy atom. The van der Waals surface area contributed by atoms with E-state index >= 15 is 0 Å². The maximum Gasteiger partial charge on any atom is 0.243 e. The van der Waals surface area contributed by atoms with E-state index in [-0.39, 0.29) is 23.7 Å². The van der Waals surface area contributed by atoms with Crippen LogP contribution in [0.1, 0.15) is 37.9 Å². The third-order valence-electron chi connectivity index (χ3n) is 4.51. The van der Waals surface area contributed by atoms with E-state index in [1.54, 1.807) is 13.8 Å². The first kappa shape index (κ1) is 21.0. The summed E-state index contributed by atoms with van der Waals surface area (Å²) in [6.45, 7) is 5.45. The second-order valence-corrected chi connectivity index (χ2v) is 7.64. The molecular weight excluding hydrogens is 360 g/mol. The molecule has 2 aromatic carbocycles. The Hall–Kier alpha value is -2.33. The molecule has 4 nitrogen and oxygen atoms in total. The molecule has 0 bridgehead atoms. The van der Waals surface area contributed by atoms with Crippen molar-refractivity contribution in [2.75, 3.05) is 5.88 Å². The van der Waals surface area contributed by atoms with E-state index in [0.29, 0.717) is 6.42 Å². The van der Waals surface area contributed by atoms with Gasteiger partial charge in [0.1, 0.15) is 6.04 Å². The molecule has 5 heteroatoms. The fraction of sp³-hybridized carbons (Fsp3) is 0.364. The summed E-state index contributed by atoms with van der Waals surface area (Å²) in [6, 6.07) is 18.6. The van der Waals surface area contributed by atoms with Crippen molar-refractivity contribution in [1.29, 1.82) is 0 Å². The topological polar surface area (TPSA) is 58.2 Å². The van der Waals surface area contributed by atoms with E-state index in [2.05, 4.69) is 10.6 Å². The third-order valence-corrected chi connectivity index (χ3v) is 5.18. The average Bonchev–Trinajstić information content (AvgIpc) is 2.68. The summed E-state index contributed by atoms with van der Waals surface area (Å²) in [5.41, 5.74) is 1.24. The van der Waals surface area contributed by atoms with E-state index in [1.165, 1.54) is 0 Å². The normalized spacial score (nSPS) is 13.5. The molecule has 2 rings (SSSR count). The summed E-state index contributed by atoms with van der Waals surface area (Å²) in [5, 5.41) is 5.88. The second-order valence-electron chi connectivity index (χ2n) is 7.37. The van der Waals surface area contributed by atoms with Crippen molar-refractivity contribution in [3.05, 3.63) is 71.8 Å². The number of carbonyl (C=O) groups excluding carboxylic acids is 2. The van der Waals surface area contributed by atoms with Gasteiger partial charge in [-0.15, -0.1) is 11.6 Å². The van der Waals surface area contributed by atoms with Gasteiger partial charge in [-0.05, 0) is 31.9 Å². The zero-order valence-corrected chi connectivity index (χ0v) is 16.8. The van der Waals surface area contributed by atoms with Crippen LogP contribution in [0.3, 0.4) is 0 Å². The maximum atomic E-state index is 12.9. The number of benzene rings is 2. The van der Waals surface area contributed by atoms with Crippen LogP contribution in [-0.4, -0.2) is 23.7 Å². The lowest BCUT2D eigenvalue weighted by molar-refractivity contribution is -0.133. The van der Waals surface area contributed by atoms with Crippen molar-refractivity contribution in [2.24, 2.45) is 5.41 Å². The van der Waals surface area contributed by atoms with E-state index in [9.17, 15) is 9.59 Å². The summed E-state index contributed by atoms with van der Waals surface area (Å²) in [6.07, 6.45) is 0.415. The van der Waals surface area contributed by atoms with Crippen LogP contribution in [0.25, 0.3) is 0 Å². The lowest BCUT2D eigenvalue weighted by atomic mass is 9.94. The van der Waals surface area contributed by atoms with Gasteiger partial charge in [0.25, 0.3) is 0 Å². The van der Waals surface area contributed by atoms with Crippen LogP contribution < -0.4 is 10.6 Å². The highest BCUT2D eigenvalue weighted by molar-refractivity contribution is 6.19. The minimum Gasteiger partial charge on any atom is -0.348 e. The van der Waals surface area contributed by atoms with Gasteiger partial charge in [0.2, 0.25) is 11.8 Å². The highest BCUT2D eigenvalue weighted by atomic mass is 35.5. The van der Waals surface area contributed by atoms with Crippen molar-refractivity contribution < 1.29 is 9.59 Å². The Bertz CT molecular complexity index is 747. The summed E-state index contributed by atoms with van der Waals surface area (Å²) in [7, 11) is 0. The number of hydrogen-bond donors (Lipinski definition) is 2. The van der Waals surface area contributed by atoms with E-state index in [0.717, 1.165) is 11.1 Å². The van der Waals surface area contributed by atoms with Crippen molar-refractivity contribution in [2.45, 2.75) is 39.3 Å². The predicted molar refractivity (Wildman–Crippen MR) is 110 cm³/mol. The van der Waals surface area contributed by atoms with Crippen LogP contribution in [0, 0.1) is 5.41 Å². The van der Waals surface area contributed by atoms with Crippen molar-refractivity contribution in [3.8, 4) is 0 Å². The molecular formula is C22H27ClN2O2. The lowest BCUT2D eigenvalue weighted by Gasteiger charge is -2.26. The Morgan fingerprint density at radius 2 is 1.52 bits per heavy atom. The summed E-state index contributed by atoms with van der Waals surface area (Å²) in [4.78, 5) is 25.5. The molecule has 0 radical (unpaired) electrons. The van der Waals surface area contributed by atoms with Gasteiger partial charge in [-0.3, -0.25) is 9.59 Å². The minimum absolute atomic E-state index is 0.157. The predicted octanol–water partition coefficient (Wildman–Crippen LogP) is 3.86. The zero-order valence-electron chi connectivity index (χ0n) is 16.0. The van der Waals surface area contributed by atoms with Crippen LogP contribution in [0.4, 0.5) is 0 Å². The molecule has 0 saturated heterocycles. The molecule has 2 atom stereocenters. The Morgan fingerprint density at radius 3 is 2.07 bits per heavy atom. The summed E-state index contributed by atoms with van der Waals surface area (Å²) in [5.74, 6) is -0.270. The van der Waals surface area contributed by atoms with Gasteiger partial charge in [0, 0.05) is 12.3 Å². The highest BCUT2D eigenvalue weighted by Crippen LogP contribution is 2.18. The smallest absolute Gasteiger partial charge is 0.243 e. The number of alkyl halides is 1. The largest absolute Gasteiger partial charge is 0.348 e. The monoisotopic (exact) mass is 386 g/mol. The SMILES string of the molecule is CC(NC(=O)C(Cc1ccccc1)NC(=O)C(C)(C)CCl)c1ccccc1. The Labute approximate surface area is 166 Å². The minimum atomic E-state index is -0.748. The molecule has 27 heavy (non-hydrogen) atoms. The summed E-state index contributed by atoms with van der Waals surface area (Å²) >= 11 is 5.91. The summed E-state index contributed by atoms with van der Waals surface area (Å²) < 4.78 is 0. The molecule has 2 unspecified atom stereocenters. The molecule has 0 aliphatic carbocycles. The van der Waals surface area contributed by atoms with Crippen molar-refractivity contribution in [3.63, 3.8) is 0 Å². The first-order valence-corrected chi connectivity index (χ1v) is 9.63. The molecule has 0 spiro atoms. The van der Waals surface area contributed by atoms with E-state index in [1.807, 2.05) is 67.6 Å². The maximum absolute atomic E-state index is 12.9. The lowest BCUT2D eigenvalue weighted by Crippen LogP contribution is -2.52. The molecule has 2 aromatic rings. The Balaban J connectivity index is 2.15. The van der Waals surface area contributed by atoms with Crippen LogP contribution in [0.2, 0.25) is 0 Å². The van der Waals surface area contributed by atoms with Crippen LogP contribution >= 0.6 is 11.6 Å². The fourth-order valence-electron chi connectivity index (χ4n) is 2.61. The number of hydrogen-bond acceptors (Lipinski definition) is 2. The van der Waals surface area contributed by atoms with Gasteiger partial charge >= 0.3 is 0 Å². The van der Waals surface area contributed by atoms with Gasteiger partial charge in [0.05, 0.1) is 11.5 Å². The fourth-order valence-corrected chi connectivity index (χ4v) is 2.73. The first-order valence-electron chi connectivity index (χ1n) is 9.09. The molecule has 0 aromatic heterocycles. The first-order chi connectivity index (χ1) is 12.8. The van der Waals surface area contributed by atoms with Crippen molar-refractivity contribution in [1.82, 2.24) is 10.6 Å². The van der Waals surface area contributed by atoms with E-state index < -0.39 is 11.5 Å². The number of halogens is 1. The molecule has 144 valence electrons. The van der Waals surface area contributed by atoms with Crippen molar-refractivity contribution >= 4 is 23.4 Å². The molecule has 0 aliphatic rings. The average molecular weight is 387 g/mol. The van der Waals surface area contributed by atoms with Gasteiger partial charge < -0.3 is 10.6 Å². The van der Waals surface area contributed by atoms with Crippen LogP contribution in [0.5, 0.6) is 0 Å². The van der Waals surface area contributed by atoms with Crippen LogP contribution in [0.15, 0.2) is 60.7 Å². The second kappa shape index (κ2) is 9.56.